The Balaban J connectivity index is 1.53. The fourth-order valence-corrected chi connectivity index (χ4v) is 3.27. The molecule has 3 rings (SSSR count). The molecule has 2 amide bonds. The lowest BCUT2D eigenvalue weighted by Gasteiger charge is -2.09. The number of aromatic nitrogens is 2. The van der Waals surface area contributed by atoms with Gasteiger partial charge < -0.3 is 0 Å². The lowest BCUT2D eigenvalue weighted by Crippen LogP contribution is -2.42. The van der Waals surface area contributed by atoms with E-state index < -0.39 is 5.91 Å². The van der Waals surface area contributed by atoms with Crippen LogP contribution < -0.4 is 10.9 Å². The summed E-state index contributed by atoms with van der Waals surface area (Å²) in [6.45, 7) is 0. The minimum absolute atomic E-state index is 0.0818. The zero-order valence-corrected chi connectivity index (χ0v) is 16.2. The number of halogens is 2. The summed E-state index contributed by atoms with van der Waals surface area (Å²) in [5, 5.41) is 1.78. The van der Waals surface area contributed by atoms with Crippen LogP contribution in [0.15, 0.2) is 66.1 Å². The molecule has 0 fully saturated rings. The largest absolute Gasteiger partial charge is 0.295 e. The average molecular weight is 421 g/mol. The van der Waals surface area contributed by atoms with Gasteiger partial charge >= 0.3 is 0 Å². The van der Waals surface area contributed by atoms with Gasteiger partial charge in [0.05, 0.1) is 5.75 Å². The van der Waals surface area contributed by atoms with E-state index in [4.69, 9.17) is 23.2 Å². The van der Waals surface area contributed by atoms with Gasteiger partial charge in [-0.2, -0.15) is 0 Å². The number of imidazole rings is 1. The van der Waals surface area contributed by atoms with Crippen molar-refractivity contribution in [1.82, 2.24) is 20.4 Å². The van der Waals surface area contributed by atoms with Crippen LogP contribution in [0.4, 0.5) is 0 Å². The van der Waals surface area contributed by atoms with Crippen molar-refractivity contribution >= 4 is 46.8 Å². The Morgan fingerprint density at radius 3 is 2.56 bits per heavy atom. The quantitative estimate of drug-likeness (QED) is 0.486. The Morgan fingerprint density at radius 2 is 1.81 bits per heavy atom. The van der Waals surface area contributed by atoms with Crippen molar-refractivity contribution in [2.45, 2.75) is 5.16 Å². The number of carbonyl (C=O) groups is 2. The summed E-state index contributed by atoms with van der Waals surface area (Å²) in [6, 6.07) is 13.7. The van der Waals surface area contributed by atoms with E-state index in [1.54, 1.807) is 48.8 Å². The second kappa shape index (κ2) is 8.94. The summed E-state index contributed by atoms with van der Waals surface area (Å²) in [6.07, 6.45) is 3.43. The molecule has 9 heteroatoms. The molecular formula is C18H14Cl2N4O2S. The number of hydrogen-bond acceptors (Lipinski definition) is 4. The molecule has 0 unspecified atom stereocenters. The van der Waals surface area contributed by atoms with Gasteiger partial charge in [-0.1, -0.05) is 41.0 Å². The molecule has 0 atom stereocenters. The summed E-state index contributed by atoms with van der Waals surface area (Å²) in [5.74, 6) is -0.702. The number of nitrogens with one attached hydrogen (secondary N) is 2. The van der Waals surface area contributed by atoms with Crippen LogP contribution in [0, 0.1) is 0 Å². The molecule has 1 heterocycles. The van der Waals surface area contributed by atoms with E-state index in [0.29, 0.717) is 20.8 Å². The Bertz CT molecular complexity index is 960. The van der Waals surface area contributed by atoms with Crippen LogP contribution in [-0.2, 0) is 4.79 Å². The molecule has 0 saturated carbocycles. The minimum atomic E-state index is -0.426. The number of hydrazine groups is 1. The van der Waals surface area contributed by atoms with Crippen LogP contribution in [-0.4, -0.2) is 27.1 Å². The third-order valence-electron chi connectivity index (χ3n) is 3.45. The Hall–Kier alpha value is -2.48. The highest BCUT2D eigenvalue weighted by atomic mass is 35.5. The lowest BCUT2D eigenvalue weighted by atomic mass is 10.2. The summed E-state index contributed by atoms with van der Waals surface area (Å²) in [5.41, 5.74) is 5.98. The summed E-state index contributed by atoms with van der Waals surface area (Å²) >= 11 is 13.0. The fraction of sp³-hybridized carbons (Fsp3) is 0.0556. The van der Waals surface area contributed by atoms with Gasteiger partial charge in [0, 0.05) is 33.7 Å². The standard InChI is InChI=1S/C18H14Cl2N4O2S/c19-13-6-4-12(5-7-13)17(26)23-22-16(25)11-27-18-21-8-9-24(18)15-3-1-2-14(20)10-15/h1-10H,11H2,(H,22,25)(H,23,26). The van der Waals surface area contributed by atoms with E-state index >= 15 is 0 Å². The molecule has 0 aliphatic heterocycles. The Morgan fingerprint density at radius 1 is 1.04 bits per heavy atom. The van der Waals surface area contributed by atoms with Crippen molar-refractivity contribution in [3.05, 3.63) is 76.5 Å². The number of hydrogen-bond donors (Lipinski definition) is 2. The van der Waals surface area contributed by atoms with Crippen LogP contribution in [0.3, 0.4) is 0 Å². The van der Waals surface area contributed by atoms with Gasteiger partial charge in [0.15, 0.2) is 5.16 Å². The van der Waals surface area contributed by atoms with Gasteiger partial charge in [-0.05, 0) is 42.5 Å². The van der Waals surface area contributed by atoms with Crippen LogP contribution >= 0.6 is 35.0 Å². The minimum Gasteiger partial charge on any atom is -0.295 e. The van der Waals surface area contributed by atoms with Crippen molar-refractivity contribution in [2.75, 3.05) is 5.75 Å². The molecule has 0 aliphatic carbocycles. The molecule has 0 aliphatic rings. The second-order valence-corrected chi connectivity index (χ2v) is 7.17. The molecule has 1 aromatic heterocycles. The average Bonchev–Trinajstić information content (AvgIpc) is 3.13. The zero-order valence-electron chi connectivity index (χ0n) is 13.9. The third-order valence-corrected chi connectivity index (χ3v) is 4.90. The van der Waals surface area contributed by atoms with E-state index in [0.717, 1.165) is 5.69 Å². The van der Waals surface area contributed by atoms with Gasteiger partial charge in [-0.25, -0.2) is 4.98 Å². The monoisotopic (exact) mass is 420 g/mol. The van der Waals surface area contributed by atoms with Crippen molar-refractivity contribution < 1.29 is 9.59 Å². The highest BCUT2D eigenvalue weighted by Gasteiger charge is 2.11. The number of benzene rings is 2. The predicted octanol–water partition coefficient (Wildman–Crippen LogP) is 3.73. The first kappa shape index (κ1) is 19.3. The maximum absolute atomic E-state index is 12.0. The molecule has 0 radical (unpaired) electrons. The first-order valence-electron chi connectivity index (χ1n) is 7.80. The van der Waals surface area contributed by atoms with E-state index in [1.807, 2.05) is 16.7 Å². The molecule has 3 aromatic rings. The molecule has 6 nitrogen and oxygen atoms in total. The topological polar surface area (TPSA) is 76.0 Å². The van der Waals surface area contributed by atoms with Crippen molar-refractivity contribution in [3.63, 3.8) is 0 Å². The SMILES string of the molecule is O=C(CSc1nccn1-c1cccc(Cl)c1)NNC(=O)c1ccc(Cl)cc1. The molecule has 27 heavy (non-hydrogen) atoms. The van der Waals surface area contributed by atoms with Crippen molar-refractivity contribution in [3.8, 4) is 5.69 Å². The van der Waals surface area contributed by atoms with Crippen LogP contribution in [0.1, 0.15) is 10.4 Å². The van der Waals surface area contributed by atoms with Gasteiger partial charge in [-0.3, -0.25) is 25.0 Å². The lowest BCUT2D eigenvalue weighted by molar-refractivity contribution is -0.119. The van der Waals surface area contributed by atoms with Gasteiger partial charge in [0.1, 0.15) is 0 Å². The maximum Gasteiger partial charge on any atom is 0.269 e. The smallest absolute Gasteiger partial charge is 0.269 e. The highest BCUT2D eigenvalue weighted by molar-refractivity contribution is 7.99. The molecule has 2 aromatic carbocycles. The summed E-state index contributed by atoms with van der Waals surface area (Å²) in [7, 11) is 0. The molecule has 0 spiro atoms. The normalized spacial score (nSPS) is 10.4. The first-order valence-corrected chi connectivity index (χ1v) is 9.54. The Labute approximate surface area is 169 Å². The number of thioether (sulfide) groups is 1. The molecule has 0 bridgehead atoms. The summed E-state index contributed by atoms with van der Waals surface area (Å²) < 4.78 is 1.83. The third kappa shape index (κ3) is 5.26. The number of rotatable bonds is 5. The summed E-state index contributed by atoms with van der Waals surface area (Å²) in [4.78, 5) is 28.2. The first-order chi connectivity index (χ1) is 13.0. The van der Waals surface area contributed by atoms with E-state index in [1.165, 1.54) is 11.8 Å². The molecule has 0 saturated heterocycles. The van der Waals surface area contributed by atoms with E-state index in [2.05, 4.69) is 15.8 Å². The molecular weight excluding hydrogens is 407 g/mol. The second-order valence-electron chi connectivity index (χ2n) is 5.36. The van der Waals surface area contributed by atoms with Gasteiger partial charge in [0.25, 0.3) is 5.91 Å². The van der Waals surface area contributed by atoms with Gasteiger partial charge in [0.2, 0.25) is 5.91 Å². The van der Waals surface area contributed by atoms with E-state index in [9.17, 15) is 9.59 Å². The van der Waals surface area contributed by atoms with Crippen LogP contribution in [0.2, 0.25) is 10.0 Å². The van der Waals surface area contributed by atoms with Crippen molar-refractivity contribution in [1.29, 1.82) is 0 Å². The predicted molar refractivity (Wildman–Crippen MR) is 106 cm³/mol. The van der Waals surface area contributed by atoms with Crippen molar-refractivity contribution in [2.24, 2.45) is 0 Å². The van der Waals surface area contributed by atoms with Crippen LogP contribution in [0.5, 0.6) is 0 Å². The molecule has 2 N–H and O–H groups in total. The molecule has 138 valence electrons. The highest BCUT2D eigenvalue weighted by Crippen LogP contribution is 2.22. The zero-order chi connectivity index (χ0) is 19.2. The number of nitrogens with zero attached hydrogens (tertiary/aromatic N) is 2. The van der Waals surface area contributed by atoms with E-state index in [-0.39, 0.29) is 11.7 Å². The number of carbonyl (C=O) groups excluding carboxylic acids is 2. The fourth-order valence-electron chi connectivity index (χ4n) is 2.19. The number of amides is 2. The van der Waals surface area contributed by atoms with Crippen LogP contribution in [0.25, 0.3) is 5.69 Å². The van der Waals surface area contributed by atoms with Gasteiger partial charge in [-0.15, -0.1) is 0 Å². The maximum atomic E-state index is 12.0. The Kier molecular flexibility index (Phi) is 6.39.